The number of carbonyl (C=O) groups is 2. The van der Waals surface area contributed by atoms with E-state index in [-0.39, 0.29) is 12.5 Å². The molecule has 1 aromatic carbocycles. The van der Waals surface area contributed by atoms with Gasteiger partial charge >= 0.3 is 6.09 Å². The summed E-state index contributed by atoms with van der Waals surface area (Å²) in [6, 6.07) is 8.38. The molecule has 0 aromatic heterocycles. The van der Waals surface area contributed by atoms with Crippen LogP contribution in [0.4, 0.5) is 4.79 Å². The van der Waals surface area contributed by atoms with Gasteiger partial charge in [-0.2, -0.15) is 0 Å². The molecule has 2 rings (SSSR count). The highest BCUT2D eigenvalue weighted by Crippen LogP contribution is 2.22. The molecular formula is C14H18N2O4. The van der Waals surface area contributed by atoms with Crippen molar-refractivity contribution in [2.24, 2.45) is 0 Å². The molecule has 1 aliphatic heterocycles. The van der Waals surface area contributed by atoms with Gasteiger partial charge in [0.2, 0.25) is 5.91 Å². The predicted molar refractivity (Wildman–Crippen MR) is 72.3 cm³/mol. The number of rotatable bonds is 3. The zero-order valence-electron chi connectivity index (χ0n) is 11.2. The Morgan fingerprint density at radius 3 is 2.55 bits per heavy atom. The average molecular weight is 278 g/mol. The van der Waals surface area contributed by atoms with Gasteiger partial charge in [0.15, 0.2) is 0 Å². The van der Waals surface area contributed by atoms with E-state index in [1.54, 1.807) is 0 Å². The van der Waals surface area contributed by atoms with Crippen molar-refractivity contribution in [3.8, 4) is 0 Å². The Bertz CT molecular complexity index is 491. The summed E-state index contributed by atoms with van der Waals surface area (Å²) in [7, 11) is 0. The number of aliphatic hydroxyl groups is 1. The molecule has 3 atom stereocenters. The van der Waals surface area contributed by atoms with Crippen LogP contribution in [0.3, 0.4) is 0 Å². The molecule has 1 saturated heterocycles. The second kappa shape index (κ2) is 5.92. The first kappa shape index (κ1) is 14.3. The Morgan fingerprint density at radius 2 is 2.00 bits per heavy atom. The molecule has 108 valence electrons. The van der Waals surface area contributed by atoms with Gasteiger partial charge in [-0.25, -0.2) is 4.79 Å². The standard InChI is InChI=1S/C14H18N2O4/c1-9(17)15-13-11(7-10-5-3-2-4-6-10)16(14(19)20)8-12(13)18/h2-6,11-13,18H,7-8H2,1H3,(H,15,17)(H,19,20). The van der Waals surface area contributed by atoms with Gasteiger partial charge in [0, 0.05) is 6.92 Å². The minimum atomic E-state index is -1.09. The summed E-state index contributed by atoms with van der Waals surface area (Å²) < 4.78 is 0. The van der Waals surface area contributed by atoms with E-state index in [1.807, 2.05) is 30.3 Å². The third kappa shape index (κ3) is 3.08. The Morgan fingerprint density at radius 1 is 1.35 bits per heavy atom. The topological polar surface area (TPSA) is 89.9 Å². The molecule has 20 heavy (non-hydrogen) atoms. The fourth-order valence-corrected chi connectivity index (χ4v) is 2.64. The second-order valence-electron chi connectivity index (χ2n) is 4.99. The summed E-state index contributed by atoms with van der Waals surface area (Å²) in [5.74, 6) is -0.278. The number of amides is 2. The lowest BCUT2D eigenvalue weighted by Gasteiger charge is -2.26. The van der Waals surface area contributed by atoms with Gasteiger partial charge in [-0.05, 0) is 12.0 Å². The number of aliphatic hydroxyl groups excluding tert-OH is 1. The zero-order valence-corrected chi connectivity index (χ0v) is 11.2. The third-order valence-corrected chi connectivity index (χ3v) is 3.52. The first-order valence-corrected chi connectivity index (χ1v) is 6.47. The average Bonchev–Trinajstić information content (AvgIpc) is 2.68. The maximum Gasteiger partial charge on any atom is 0.407 e. The van der Waals surface area contributed by atoms with E-state index in [0.29, 0.717) is 6.42 Å². The lowest BCUT2D eigenvalue weighted by Crippen LogP contribution is -2.49. The van der Waals surface area contributed by atoms with Crippen LogP contribution >= 0.6 is 0 Å². The van der Waals surface area contributed by atoms with Crippen LogP contribution in [0.2, 0.25) is 0 Å². The molecule has 3 unspecified atom stereocenters. The summed E-state index contributed by atoms with van der Waals surface area (Å²) >= 11 is 0. The van der Waals surface area contributed by atoms with Crippen LogP contribution in [0.25, 0.3) is 0 Å². The van der Waals surface area contributed by atoms with Crippen LogP contribution in [0, 0.1) is 0 Å². The van der Waals surface area contributed by atoms with Gasteiger partial charge in [0.25, 0.3) is 0 Å². The minimum Gasteiger partial charge on any atom is -0.465 e. The number of benzene rings is 1. The second-order valence-corrected chi connectivity index (χ2v) is 4.99. The molecule has 1 fully saturated rings. The third-order valence-electron chi connectivity index (χ3n) is 3.52. The van der Waals surface area contributed by atoms with Crippen LogP contribution in [0.5, 0.6) is 0 Å². The first-order chi connectivity index (χ1) is 9.49. The van der Waals surface area contributed by atoms with Crippen molar-refractivity contribution in [1.82, 2.24) is 10.2 Å². The van der Waals surface area contributed by atoms with E-state index in [1.165, 1.54) is 11.8 Å². The number of likely N-dealkylation sites (tertiary alicyclic amines) is 1. The minimum absolute atomic E-state index is 0.0117. The Kier molecular flexibility index (Phi) is 4.24. The highest BCUT2D eigenvalue weighted by atomic mass is 16.4. The van der Waals surface area contributed by atoms with Crippen LogP contribution in [0.15, 0.2) is 30.3 Å². The van der Waals surface area contributed by atoms with E-state index >= 15 is 0 Å². The predicted octanol–water partition coefficient (Wildman–Crippen LogP) is 0.457. The number of carboxylic acid groups (broad SMARTS) is 1. The molecule has 0 bridgehead atoms. The molecule has 1 aliphatic rings. The van der Waals surface area contributed by atoms with E-state index in [2.05, 4.69) is 5.32 Å². The van der Waals surface area contributed by atoms with Crippen molar-refractivity contribution in [3.63, 3.8) is 0 Å². The summed E-state index contributed by atoms with van der Waals surface area (Å²) in [6.07, 6.45) is -1.52. The fraction of sp³-hybridized carbons (Fsp3) is 0.429. The molecule has 6 heteroatoms. The number of hydrogen-bond acceptors (Lipinski definition) is 3. The van der Waals surface area contributed by atoms with E-state index < -0.39 is 24.3 Å². The molecule has 3 N–H and O–H groups in total. The maximum absolute atomic E-state index is 11.3. The lowest BCUT2D eigenvalue weighted by atomic mass is 9.99. The van der Waals surface area contributed by atoms with Crippen LogP contribution < -0.4 is 5.32 Å². The van der Waals surface area contributed by atoms with Crippen molar-refractivity contribution < 1.29 is 19.8 Å². The highest BCUT2D eigenvalue weighted by molar-refractivity contribution is 5.74. The number of nitrogens with one attached hydrogen (secondary N) is 1. The largest absolute Gasteiger partial charge is 0.465 e. The van der Waals surface area contributed by atoms with Gasteiger partial charge in [-0.15, -0.1) is 0 Å². The van der Waals surface area contributed by atoms with Crippen molar-refractivity contribution in [2.75, 3.05) is 6.54 Å². The van der Waals surface area contributed by atoms with Crippen molar-refractivity contribution in [1.29, 1.82) is 0 Å². The Labute approximate surface area is 117 Å². The van der Waals surface area contributed by atoms with Gasteiger partial charge in [-0.1, -0.05) is 30.3 Å². The molecule has 0 radical (unpaired) electrons. The van der Waals surface area contributed by atoms with Crippen LogP contribution in [0.1, 0.15) is 12.5 Å². The highest BCUT2D eigenvalue weighted by Gasteiger charge is 2.43. The first-order valence-electron chi connectivity index (χ1n) is 6.47. The quantitative estimate of drug-likeness (QED) is 0.749. The van der Waals surface area contributed by atoms with Crippen LogP contribution in [-0.4, -0.2) is 51.8 Å². The molecule has 2 amide bonds. The summed E-state index contributed by atoms with van der Waals surface area (Å²) in [6.45, 7) is 1.37. The van der Waals surface area contributed by atoms with Gasteiger partial charge in [0.1, 0.15) is 0 Å². The molecule has 1 aromatic rings. The number of hydrogen-bond donors (Lipinski definition) is 3. The Balaban J connectivity index is 2.21. The molecular weight excluding hydrogens is 260 g/mol. The fourth-order valence-electron chi connectivity index (χ4n) is 2.64. The van der Waals surface area contributed by atoms with Crippen molar-refractivity contribution in [3.05, 3.63) is 35.9 Å². The van der Waals surface area contributed by atoms with Crippen molar-refractivity contribution in [2.45, 2.75) is 31.5 Å². The summed E-state index contributed by atoms with van der Waals surface area (Å²) in [5, 5.41) is 21.9. The van der Waals surface area contributed by atoms with Gasteiger partial charge in [-0.3, -0.25) is 4.79 Å². The molecule has 6 nitrogen and oxygen atoms in total. The van der Waals surface area contributed by atoms with Gasteiger partial charge in [0.05, 0.1) is 24.7 Å². The van der Waals surface area contributed by atoms with Gasteiger partial charge < -0.3 is 20.4 Å². The van der Waals surface area contributed by atoms with E-state index in [4.69, 9.17) is 0 Å². The van der Waals surface area contributed by atoms with Crippen molar-refractivity contribution >= 4 is 12.0 Å². The van der Waals surface area contributed by atoms with Crippen LogP contribution in [-0.2, 0) is 11.2 Å². The maximum atomic E-state index is 11.3. The van der Waals surface area contributed by atoms with E-state index in [0.717, 1.165) is 5.56 Å². The normalized spacial score (nSPS) is 25.5. The smallest absolute Gasteiger partial charge is 0.407 e. The molecule has 0 saturated carbocycles. The molecule has 0 aliphatic carbocycles. The number of nitrogens with zero attached hydrogens (tertiary/aromatic N) is 1. The Hall–Kier alpha value is -2.08. The molecule has 0 spiro atoms. The summed E-state index contributed by atoms with van der Waals surface area (Å²) in [5.41, 5.74) is 0.966. The molecule has 1 heterocycles. The van der Waals surface area contributed by atoms with E-state index in [9.17, 15) is 19.8 Å². The monoisotopic (exact) mass is 278 g/mol. The lowest BCUT2D eigenvalue weighted by molar-refractivity contribution is -0.120. The SMILES string of the molecule is CC(=O)NC1C(O)CN(C(=O)O)C1Cc1ccccc1. The summed E-state index contributed by atoms with van der Waals surface area (Å²) in [4.78, 5) is 23.7. The number of β-amino-alcohol motifs (C(OH)–C–C–N with tert-alkyl or cyclic N) is 1. The number of carbonyl (C=O) groups excluding carboxylic acids is 1. The zero-order chi connectivity index (χ0) is 14.7.